The van der Waals surface area contributed by atoms with Gasteiger partial charge in [0.15, 0.2) is 0 Å². The average molecular weight is 302 g/mol. The van der Waals surface area contributed by atoms with Crippen LogP contribution in [-0.2, 0) is 0 Å². The van der Waals surface area contributed by atoms with Crippen LogP contribution in [0, 0.1) is 0 Å². The maximum absolute atomic E-state index is 9.69. The first kappa shape index (κ1) is 15.8. The van der Waals surface area contributed by atoms with Crippen LogP contribution in [0.25, 0.3) is 0 Å². The largest absolute Gasteiger partial charge is 0.393 e. The number of nitrogens with one attached hydrogen (secondary N) is 1. The van der Waals surface area contributed by atoms with Crippen LogP contribution in [0.3, 0.4) is 0 Å². The van der Waals surface area contributed by atoms with E-state index in [1.165, 1.54) is 24.1 Å². The molecule has 2 N–H and O–H groups in total. The second-order valence-electron chi connectivity index (χ2n) is 7.06. The molecule has 0 unspecified atom stereocenters. The topological polar surface area (TPSA) is 35.5 Å². The van der Waals surface area contributed by atoms with Crippen molar-refractivity contribution in [2.45, 2.75) is 76.6 Å². The van der Waals surface area contributed by atoms with Gasteiger partial charge in [-0.3, -0.25) is 0 Å². The Morgan fingerprint density at radius 2 is 1.91 bits per heavy atom. The molecule has 3 rings (SSSR count). The van der Waals surface area contributed by atoms with Crippen LogP contribution in [0.2, 0.25) is 0 Å². The number of aliphatic hydroxyl groups excluding tert-OH is 1. The molecule has 1 aliphatic carbocycles. The first-order valence-electron chi connectivity index (χ1n) is 8.98. The first-order chi connectivity index (χ1) is 10.7. The minimum Gasteiger partial charge on any atom is -0.393 e. The normalized spacial score (nSPS) is 31.9. The zero-order chi connectivity index (χ0) is 15.5. The quantitative estimate of drug-likeness (QED) is 0.891. The third-order valence-electron chi connectivity index (χ3n) is 5.33. The standard InChI is InChI=1S/C19H30N2O/c1-3-12-21-14(2)13-18(17-6-4-5-7-19(17)21)20-15-8-10-16(22)11-9-15/h4-7,14-16,18,20,22H,3,8-13H2,1-2H3/t14-,15?,16?,18+/m0/s1. The summed E-state index contributed by atoms with van der Waals surface area (Å²) >= 11 is 0. The average Bonchev–Trinajstić information content (AvgIpc) is 2.53. The first-order valence-corrected chi connectivity index (χ1v) is 8.98. The maximum Gasteiger partial charge on any atom is 0.0541 e. The van der Waals surface area contributed by atoms with Crippen molar-refractivity contribution in [1.82, 2.24) is 5.32 Å². The molecule has 1 saturated carbocycles. The van der Waals surface area contributed by atoms with Crippen molar-refractivity contribution in [3.8, 4) is 0 Å². The molecule has 22 heavy (non-hydrogen) atoms. The zero-order valence-electron chi connectivity index (χ0n) is 14.0. The van der Waals surface area contributed by atoms with Crippen molar-refractivity contribution in [2.75, 3.05) is 11.4 Å². The van der Waals surface area contributed by atoms with Crippen LogP contribution in [0.4, 0.5) is 5.69 Å². The van der Waals surface area contributed by atoms with Gasteiger partial charge in [-0.15, -0.1) is 0 Å². The minimum atomic E-state index is -0.0735. The molecule has 0 radical (unpaired) electrons. The van der Waals surface area contributed by atoms with E-state index in [1.54, 1.807) is 0 Å². The van der Waals surface area contributed by atoms with E-state index in [-0.39, 0.29) is 6.10 Å². The van der Waals surface area contributed by atoms with E-state index >= 15 is 0 Å². The summed E-state index contributed by atoms with van der Waals surface area (Å²) in [5, 5.41) is 13.6. The predicted molar refractivity (Wildman–Crippen MR) is 92.3 cm³/mol. The Balaban J connectivity index is 1.76. The molecule has 3 heteroatoms. The third-order valence-corrected chi connectivity index (χ3v) is 5.33. The monoisotopic (exact) mass is 302 g/mol. The molecular formula is C19H30N2O. The molecule has 1 aromatic carbocycles. The molecule has 1 heterocycles. The van der Waals surface area contributed by atoms with Gasteiger partial charge >= 0.3 is 0 Å². The smallest absolute Gasteiger partial charge is 0.0541 e. The number of hydrogen-bond acceptors (Lipinski definition) is 3. The Morgan fingerprint density at radius 3 is 2.64 bits per heavy atom. The second-order valence-corrected chi connectivity index (χ2v) is 7.06. The van der Waals surface area contributed by atoms with E-state index in [9.17, 15) is 5.11 Å². The summed E-state index contributed by atoms with van der Waals surface area (Å²) in [5.74, 6) is 0. The summed E-state index contributed by atoms with van der Waals surface area (Å²) in [4.78, 5) is 2.57. The molecule has 122 valence electrons. The minimum absolute atomic E-state index is 0.0735. The van der Waals surface area contributed by atoms with Crippen LogP contribution in [0.15, 0.2) is 24.3 Å². The highest BCUT2D eigenvalue weighted by Crippen LogP contribution is 2.38. The molecule has 0 bridgehead atoms. The number of para-hydroxylation sites is 1. The Kier molecular flexibility index (Phi) is 5.04. The Bertz CT molecular complexity index is 482. The highest BCUT2D eigenvalue weighted by molar-refractivity contribution is 5.58. The number of aliphatic hydroxyl groups is 1. The van der Waals surface area contributed by atoms with Crippen molar-refractivity contribution < 1.29 is 5.11 Å². The van der Waals surface area contributed by atoms with Crippen LogP contribution in [0.5, 0.6) is 0 Å². The highest BCUT2D eigenvalue weighted by atomic mass is 16.3. The zero-order valence-corrected chi connectivity index (χ0v) is 14.0. The van der Waals surface area contributed by atoms with E-state index in [0.717, 1.165) is 32.2 Å². The van der Waals surface area contributed by atoms with Crippen LogP contribution in [0.1, 0.15) is 64.0 Å². The fourth-order valence-corrected chi connectivity index (χ4v) is 4.14. The Hall–Kier alpha value is -1.06. The van der Waals surface area contributed by atoms with Gasteiger partial charge in [0, 0.05) is 30.4 Å². The van der Waals surface area contributed by atoms with Crippen LogP contribution < -0.4 is 10.2 Å². The Labute approximate surface area is 134 Å². The van der Waals surface area contributed by atoms with E-state index < -0.39 is 0 Å². The summed E-state index contributed by atoms with van der Waals surface area (Å²) in [6.07, 6.45) is 6.40. The molecule has 0 aromatic heterocycles. The fourth-order valence-electron chi connectivity index (χ4n) is 4.14. The molecule has 1 fully saturated rings. The molecule has 2 atom stereocenters. The van der Waals surface area contributed by atoms with Crippen LogP contribution in [-0.4, -0.2) is 29.8 Å². The van der Waals surface area contributed by atoms with Crippen molar-refractivity contribution in [3.63, 3.8) is 0 Å². The van der Waals surface area contributed by atoms with Crippen LogP contribution >= 0.6 is 0 Å². The number of fused-ring (bicyclic) bond motifs is 1. The summed E-state index contributed by atoms with van der Waals surface area (Å²) in [5.41, 5.74) is 2.87. The molecule has 3 nitrogen and oxygen atoms in total. The van der Waals surface area contributed by atoms with Gasteiger partial charge < -0.3 is 15.3 Å². The number of benzene rings is 1. The van der Waals surface area contributed by atoms with E-state index in [1.807, 2.05) is 0 Å². The maximum atomic E-state index is 9.69. The van der Waals surface area contributed by atoms with Gasteiger partial charge in [-0.05, 0) is 57.1 Å². The molecule has 0 saturated heterocycles. The number of rotatable bonds is 4. The number of hydrogen-bond donors (Lipinski definition) is 2. The SMILES string of the molecule is CCCN1c2ccccc2[C@H](NC2CCC(O)CC2)C[C@@H]1C. The number of nitrogens with zero attached hydrogens (tertiary/aromatic N) is 1. The van der Waals surface area contributed by atoms with Crippen molar-refractivity contribution in [1.29, 1.82) is 0 Å². The van der Waals surface area contributed by atoms with Gasteiger partial charge in [-0.25, -0.2) is 0 Å². The van der Waals surface area contributed by atoms with Crippen molar-refractivity contribution in [3.05, 3.63) is 29.8 Å². The summed E-state index contributed by atoms with van der Waals surface area (Å²) in [7, 11) is 0. The predicted octanol–water partition coefficient (Wildman–Crippen LogP) is 3.63. The molecular weight excluding hydrogens is 272 g/mol. The van der Waals surface area contributed by atoms with E-state index in [4.69, 9.17) is 0 Å². The van der Waals surface area contributed by atoms with Gasteiger partial charge in [0.1, 0.15) is 0 Å². The summed E-state index contributed by atoms with van der Waals surface area (Å²) in [6.45, 7) is 5.75. The number of anilines is 1. The summed E-state index contributed by atoms with van der Waals surface area (Å²) in [6, 6.07) is 10.5. The molecule has 2 aliphatic rings. The third kappa shape index (κ3) is 3.31. The molecule has 1 aliphatic heterocycles. The van der Waals surface area contributed by atoms with Crippen molar-refractivity contribution >= 4 is 5.69 Å². The second kappa shape index (κ2) is 7.01. The van der Waals surface area contributed by atoms with E-state index in [0.29, 0.717) is 18.1 Å². The fraction of sp³-hybridized carbons (Fsp3) is 0.684. The van der Waals surface area contributed by atoms with Gasteiger partial charge in [-0.1, -0.05) is 25.1 Å². The molecule has 0 spiro atoms. The highest BCUT2D eigenvalue weighted by Gasteiger charge is 2.31. The van der Waals surface area contributed by atoms with Gasteiger partial charge in [0.05, 0.1) is 6.10 Å². The van der Waals surface area contributed by atoms with Gasteiger partial charge in [-0.2, -0.15) is 0 Å². The lowest BCUT2D eigenvalue weighted by Crippen LogP contribution is -2.45. The van der Waals surface area contributed by atoms with Gasteiger partial charge in [0.25, 0.3) is 0 Å². The molecule has 0 amide bonds. The van der Waals surface area contributed by atoms with E-state index in [2.05, 4.69) is 48.3 Å². The lowest BCUT2D eigenvalue weighted by molar-refractivity contribution is 0.113. The summed E-state index contributed by atoms with van der Waals surface area (Å²) < 4.78 is 0. The lowest BCUT2D eigenvalue weighted by atomic mass is 9.88. The Morgan fingerprint density at radius 1 is 1.18 bits per heavy atom. The van der Waals surface area contributed by atoms with Gasteiger partial charge in [0.2, 0.25) is 0 Å². The lowest BCUT2D eigenvalue weighted by Gasteiger charge is -2.42. The van der Waals surface area contributed by atoms with Crippen molar-refractivity contribution in [2.24, 2.45) is 0 Å². The molecule has 1 aromatic rings.